The summed E-state index contributed by atoms with van der Waals surface area (Å²) in [6, 6.07) is 7.73. The van der Waals surface area contributed by atoms with E-state index >= 15 is 0 Å². The molecule has 0 N–H and O–H groups in total. The van der Waals surface area contributed by atoms with Crippen LogP contribution in [0.15, 0.2) is 24.3 Å². The summed E-state index contributed by atoms with van der Waals surface area (Å²) < 4.78 is 6.63. The fourth-order valence-electron chi connectivity index (χ4n) is 1.85. The number of aromatic nitrogens is 2. The second kappa shape index (κ2) is 4.99. The molecule has 0 saturated carbocycles. The topological polar surface area (TPSA) is 44.1 Å². The highest BCUT2D eigenvalue weighted by Crippen LogP contribution is 2.19. The summed E-state index contributed by atoms with van der Waals surface area (Å²) in [5.41, 5.74) is 1.39. The Morgan fingerprint density at radius 2 is 2.18 bits per heavy atom. The van der Waals surface area contributed by atoms with Gasteiger partial charge in [-0.15, -0.1) is 0 Å². The summed E-state index contributed by atoms with van der Waals surface area (Å²) in [6.07, 6.45) is 2.15. The fraction of sp³-hybridized carbons (Fsp3) is 0.385. The van der Waals surface area contributed by atoms with Gasteiger partial charge in [0.05, 0.1) is 12.6 Å². The Morgan fingerprint density at radius 3 is 2.88 bits per heavy atom. The molecule has 0 saturated heterocycles. The van der Waals surface area contributed by atoms with Crippen molar-refractivity contribution in [2.24, 2.45) is 0 Å². The van der Waals surface area contributed by atoms with Crippen molar-refractivity contribution in [1.29, 1.82) is 0 Å². The maximum atomic E-state index is 11.6. The van der Waals surface area contributed by atoms with Gasteiger partial charge in [-0.1, -0.05) is 31.5 Å². The lowest BCUT2D eigenvalue weighted by molar-refractivity contribution is 0.0595. The molecule has 4 nitrogen and oxygen atoms in total. The van der Waals surface area contributed by atoms with Gasteiger partial charge in [0.1, 0.15) is 0 Å². The normalized spacial score (nSPS) is 10.7. The predicted octanol–water partition coefficient (Wildman–Crippen LogP) is 2.62. The minimum atomic E-state index is -0.378. The number of methoxy groups -OCH3 is 1. The molecule has 17 heavy (non-hydrogen) atoms. The van der Waals surface area contributed by atoms with Gasteiger partial charge in [0.25, 0.3) is 0 Å². The monoisotopic (exact) mass is 232 g/mol. The molecule has 0 spiro atoms. The van der Waals surface area contributed by atoms with Crippen molar-refractivity contribution < 1.29 is 9.53 Å². The summed E-state index contributed by atoms with van der Waals surface area (Å²) in [5.74, 6) is -0.378. The third-order valence-corrected chi connectivity index (χ3v) is 2.76. The van der Waals surface area contributed by atoms with Crippen LogP contribution in [0, 0.1) is 0 Å². The Labute approximate surface area is 100 Å². The number of rotatable bonds is 4. The molecule has 90 valence electrons. The van der Waals surface area contributed by atoms with E-state index in [1.54, 1.807) is 0 Å². The number of hydrogen-bond donors (Lipinski definition) is 0. The standard InChI is InChI=1S/C13H16N2O2/c1-3-4-9-15-11-8-6-5-7-10(11)12(14-15)13(16)17-2/h5-8H,3-4,9H2,1-2H3. The summed E-state index contributed by atoms with van der Waals surface area (Å²) in [7, 11) is 1.38. The molecule has 0 aliphatic rings. The third kappa shape index (κ3) is 2.16. The Morgan fingerprint density at radius 1 is 1.41 bits per heavy atom. The van der Waals surface area contributed by atoms with Crippen LogP contribution < -0.4 is 0 Å². The number of ether oxygens (including phenoxy) is 1. The maximum Gasteiger partial charge on any atom is 0.359 e. The van der Waals surface area contributed by atoms with Crippen molar-refractivity contribution in [2.45, 2.75) is 26.3 Å². The van der Waals surface area contributed by atoms with Gasteiger partial charge < -0.3 is 4.74 Å². The average molecular weight is 232 g/mol. The van der Waals surface area contributed by atoms with E-state index in [1.165, 1.54) is 7.11 Å². The second-order valence-electron chi connectivity index (χ2n) is 3.93. The summed E-state index contributed by atoms with van der Waals surface area (Å²) >= 11 is 0. The number of carbonyl (C=O) groups is 1. The molecular formula is C13H16N2O2. The molecule has 4 heteroatoms. The minimum Gasteiger partial charge on any atom is -0.464 e. The number of unbranched alkanes of at least 4 members (excludes halogenated alkanes) is 1. The predicted molar refractivity (Wildman–Crippen MR) is 66.0 cm³/mol. The molecule has 0 aliphatic carbocycles. The van der Waals surface area contributed by atoms with E-state index in [2.05, 4.69) is 12.0 Å². The number of carbonyl (C=O) groups excluding carboxylic acids is 1. The van der Waals surface area contributed by atoms with Crippen molar-refractivity contribution in [3.05, 3.63) is 30.0 Å². The first-order chi connectivity index (χ1) is 8.27. The Hall–Kier alpha value is -1.84. The van der Waals surface area contributed by atoms with Crippen LogP contribution >= 0.6 is 0 Å². The fourth-order valence-corrected chi connectivity index (χ4v) is 1.85. The number of esters is 1. The van der Waals surface area contributed by atoms with Crippen LogP contribution in [-0.4, -0.2) is 22.9 Å². The van der Waals surface area contributed by atoms with Crippen LogP contribution in [0.5, 0.6) is 0 Å². The molecule has 2 rings (SSSR count). The van der Waals surface area contributed by atoms with Gasteiger partial charge in [-0.05, 0) is 12.5 Å². The number of nitrogens with zero attached hydrogens (tertiary/aromatic N) is 2. The van der Waals surface area contributed by atoms with Crippen molar-refractivity contribution >= 4 is 16.9 Å². The molecular weight excluding hydrogens is 216 g/mol. The molecule has 0 aliphatic heterocycles. The van der Waals surface area contributed by atoms with Gasteiger partial charge in [0.2, 0.25) is 0 Å². The number of hydrogen-bond acceptors (Lipinski definition) is 3. The maximum absolute atomic E-state index is 11.6. The van der Waals surface area contributed by atoms with E-state index in [1.807, 2.05) is 28.9 Å². The van der Waals surface area contributed by atoms with E-state index in [0.29, 0.717) is 5.69 Å². The quantitative estimate of drug-likeness (QED) is 0.761. The van der Waals surface area contributed by atoms with Crippen LogP contribution in [0.25, 0.3) is 10.9 Å². The van der Waals surface area contributed by atoms with E-state index in [0.717, 1.165) is 30.3 Å². The van der Waals surface area contributed by atoms with Gasteiger partial charge in [0, 0.05) is 11.9 Å². The molecule has 2 aromatic rings. The first-order valence-electron chi connectivity index (χ1n) is 5.81. The smallest absolute Gasteiger partial charge is 0.359 e. The van der Waals surface area contributed by atoms with Crippen molar-refractivity contribution in [3.63, 3.8) is 0 Å². The summed E-state index contributed by atoms with van der Waals surface area (Å²) in [4.78, 5) is 11.6. The Balaban J connectivity index is 2.50. The SMILES string of the molecule is CCCCn1nc(C(=O)OC)c2ccccc21. The zero-order valence-electron chi connectivity index (χ0n) is 10.1. The van der Waals surface area contributed by atoms with Gasteiger partial charge in [-0.3, -0.25) is 4.68 Å². The van der Waals surface area contributed by atoms with E-state index < -0.39 is 0 Å². The Kier molecular flexibility index (Phi) is 3.42. The lowest BCUT2D eigenvalue weighted by Gasteiger charge is -2.00. The first-order valence-corrected chi connectivity index (χ1v) is 5.81. The molecule has 0 atom stereocenters. The van der Waals surface area contributed by atoms with E-state index in [9.17, 15) is 4.79 Å². The molecule has 1 heterocycles. The van der Waals surface area contributed by atoms with Crippen molar-refractivity contribution in [2.75, 3.05) is 7.11 Å². The minimum absolute atomic E-state index is 0.378. The van der Waals surface area contributed by atoms with Crippen molar-refractivity contribution in [3.8, 4) is 0 Å². The highest BCUT2D eigenvalue weighted by Gasteiger charge is 2.16. The molecule has 0 bridgehead atoms. The lowest BCUT2D eigenvalue weighted by Crippen LogP contribution is -2.05. The largest absolute Gasteiger partial charge is 0.464 e. The highest BCUT2D eigenvalue weighted by atomic mass is 16.5. The molecule has 0 unspecified atom stereocenters. The number of para-hydroxylation sites is 1. The van der Waals surface area contributed by atoms with Crippen LogP contribution in [0.4, 0.5) is 0 Å². The van der Waals surface area contributed by atoms with Crippen LogP contribution in [0.3, 0.4) is 0 Å². The third-order valence-electron chi connectivity index (χ3n) is 2.76. The molecule has 1 aromatic heterocycles. The van der Waals surface area contributed by atoms with Crippen molar-refractivity contribution in [1.82, 2.24) is 9.78 Å². The van der Waals surface area contributed by atoms with E-state index in [-0.39, 0.29) is 5.97 Å². The summed E-state index contributed by atoms with van der Waals surface area (Å²) in [5, 5.41) is 5.20. The highest BCUT2D eigenvalue weighted by molar-refractivity contribution is 6.02. The summed E-state index contributed by atoms with van der Waals surface area (Å²) in [6.45, 7) is 2.96. The van der Waals surface area contributed by atoms with Gasteiger partial charge in [0.15, 0.2) is 5.69 Å². The van der Waals surface area contributed by atoms with Gasteiger partial charge in [-0.2, -0.15) is 5.10 Å². The van der Waals surface area contributed by atoms with E-state index in [4.69, 9.17) is 4.74 Å². The number of fused-ring (bicyclic) bond motifs is 1. The second-order valence-corrected chi connectivity index (χ2v) is 3.93. The van der Waals surface area contributed by atoms with Crippen LogP contribution in [0.2, 0.25) is 0 Å². The number of benzene rings is 1. The molecule has 1 aromatic carbocycles. The average Bonchev–Trinajstić information content (AvgIpc) is 2.74. The molecule has 0 radical (unpaired) electrons. The van der Waals surface area contributed by atoms with Gasteiger partial charge >= 0.3 is 5.97 Å². The first kappa shape index (κ1) is 11.6. The van der Waals surface area contributed by atoms with Gasteiger partial charge in [-0.25, -0.2) is 4.79 Å². The molecule has 0 fully saturated rings. The lowest BCUT2D eigenvalue weighted by atomic mass is 10.2. The zero-order chi connectivity index (χ0) is 12.3. The molecule has 0 amide bonds. The van der Waals surface area contributed by atoms with Crippen LogP contribution in [-0.2, 0) is 11.3 Å². The number of aryl methyl sites for hydroxylation is 1. The zero-order valence-corrected chi connectivity index (χ0v) is 10.1. The van der Waals surface area contributed by atoms with Crippen LogP contribution in [0.1, 0.15) is 30.3 Å². The Bertz CT molecular complexity index is 531.